The van der Waals surface area contributed by atoms with Crippen LogP contribution in [0, 0.1) is 0 Å². The predicted molar refractivity (Wildman–Crippen MR) is 140 cm³/mol. The zero-order valence-corrected chi connectivity index (χ0v) is 21.0. The summed E-state index contributed by atoms with van der Waals surface area (Å²) >= 11 is 0. The van der Waals surface area contributed by atoms with Crippen LogP contribution in [0.3, 0.4) is 0 Å². The lowest BCUT2D eigenvalue weighted by Crippen LogP contribution is -2.69. The van der Waals surface area contributed by atoms with Gasteiger partial charge in [-0.25, -0.2) is 9.59 Å². The summed E-state index contributed by atoms with van der Waals surface area (Å²) in [5.74, 6) is -1.11. The van der Waals surface area contributed by atoms with Crippen LogP contribution in [-0.2, 0) is 30.1 Å². The summed E-state index contributed by atoms with van der Waals surface area (Å²) in [5, 5.41) is 0. The van der Waals surface area contributed by atoms with Gasteiger partial charge in [0.15, 0.2) is 23.4 Å². The highest BCUT2D eigenvalue weighted by Crippen LogP contribution is 2.61. The third-order valence-electron chi connectivity index (χ3n) is 7.66. The van der Waals surface area contributed by atoms with Crippen LogP contribution in [0.1, 0.15) is 43.0 Å². The smallest absolute Gasteiger partial charge is 0.338 e. The molecule has 0 amide bonds. The molecule has 3 aliphatic carbocycles. The first-order valence-corrected chi connectivity index (χ1v) is 12.4. The number of rotatable bonds is 6. The van der Waals surface area contributed by atoms with Crippen molar-refractivity contribution in [1.82, 2.24) is 0 Å². The van der Waals surface area contributed by atoms with Gasteiger partial charge in [0.25, 0.3) is 0 Å². The molecule has 7 rings (SSSR count). The molecule has 4 aromatic carbocycles. The zero-order chi connectivity index (χ0) is 26.3. The maximum atomic E-state index is 13.5. The van der Waals surface area contributed by atoms with E-state index in [-0.39, 0.29) is 0 Å². The lowest BCUT2D eigenvalue weighted by molar-refractivity contribution is -0.215. The van der Waals surface area contributed by atoms with E-state index in [4.69, 9.17) is 18.9 Å². The fourth-order valence-electron chi connectivity index (χ4n) is 6.07. The number of methoxy groups -OCH3 is 2. The highest BCUT2D eigenvalue weighted by Gasteiger charge is 2.70. The number of carbonyl (C=O) groups excluding carboxylic acids is 2. The SMILES string of the molecule is COC12c3ccccc3C(OC)(c3ccccc31)[C@@H](OC(=O)c1ccccc1)[C@H]2OC(=O)c1ccccc1. The van der Waals surface area contributed by atoms with Crippen LogP contribution in [0.15, 0.2) is 109 Å². The van der Waals surface area contributed by atoms with Crippen LogP contribution in [-0.4, -0.2) is 38.4 Å². The molecule has 0 radical (unpaired) electrons. The van der Waals surface area contributed by atoms with Crippen molar-refractivity contribution < 1.29 is 28.5 Å². The van der Waals surface area contributed by atoms with E-state index in [1.54, 1.807) is 62.8 Å². The van der Waals surface area contributed by atoms with Crippen molar-refractivity contribution >= 4 is 11.9 Å². The van der Waals surface area contributed by atoms with Crippen molar-refractivity contribution in [3.05, 3.63) is 143 Å². The average Bonchev–Trinajstić information content (AvgIpc) is 2.99. The summed E-state index contributed by atoms with van der Waals surface area (Å²) in [5.41, 5.74) is 1.42. The number of benzene rings is 4. The van der Waals surface area contributed by atoms with Gasteiger partial charge in [-0.1, -0.05) is 84.9 Å². The Kier molecular flexibility index (Phi) is 5.86. The molecule has 0 heterocycles. The molecule has 0 aromatic heterocycles. The fraction of sp³-hybridized carbons (Fsp3) is 0.188. The van der Waals surface area contributed by atoms with Crippen LogP contribution >= 0.6 is 0 Å². The third-order valence-corrected chi connectivity index (χ3v) is 7.66. The molecular weight excluding hydrogens is 480 g/mol. The van der Waals surface area contributed by atoms with Crippen LogP contribution in [0.25, 0.3) is 0 Å². The molecule has 6 heteroatoms. The normalized spacial score (nSPS) is 24.7. The number of carbonyl (C=O) groups is 2. The van der Waals surface area contributed by atoms with E-state index in [2.05, 4.69) is 0 Å². The summed E-state index contributed by atoms with van der Waals surface area (Å²) in [7, 11) is 3.16. The second-order valence-electron chi connectivity index (χ2n) is 9.35. The number of ether oxygens (including phenoxy) is 4. The molecule has 0 aliphatic heterocycles. The predicted octanol–water partition coefficient (Wildman–Crippen LogP) is 5.24. The van der Waals surface area contributed by atoms with E-state index in [0.29, 0.717) is 11.1 Å². The highest BCUT2D eigenvalue weighted by atomic mass is 16.6. The van der Waals surface area contributed by atoms with E-state index >= 15 is 0 Å². The molecule has 2 bridgehead atoms. The van der Waals surface area contributed by atoms with Crippen LogP contribution in [0.5, 0.6) is 0 Å². The van der Waals surface area contributed by atoms with Gasteiger partial charge < -0.3 is 18.9 Å². The molecule has 2 atom stereocenters. The molecule has 6 nitrogen and oxygen atoms in total. The van der Waals surface area contributed by atoms with Gasteiger partial charge in [-0.2, -0.15) is 0 Å². The fourth-order valence-corrected chi connectivity index (χ4v) is 6.07. The summed E-state index contributed by atoms with van der Waals surface area (Å²) in [6.07, 6.45) is -2.12. The van der Waals surface area contributed by atoms with Crippen molar-refractivity contribution in [2.24, 2.45) is 0 Å². The van der Waals surface area contributed by atoms with Crippen molar-refractivity contribution in [1.29, 1.82) is 0 Å². The van der Waals surface area contributed by atoms with Gasteiger partial charge in [0.2, 0.25) is 0 Å². The highest BCUT2D eigenvalue weighted by molar-refractivity contribution is 5.91. The molecule has 190 valence electrons. The largest absolute Gasteiger partial charge is 0.451 e. The molecule has 0 saturated heterocycles. The Morgan fingerprint density at radius 3 is 1.08 bits per heavy atom. The van der Waals surface area contributed by atoms with Gasteiger partial charge in [-0.05, 0) is 46.5 Å². The monoisotopic (exact) mass is 506 g/mol. The minimum absolute atomic E-state index is 0.376. The number of hydrogen-bond donors (Lipinski definition) is 0. The van der Waals surface area contributed by atoms with Gasteiger partial charge in [0, 0.05) is 14.2 Å². The van der Waals surface area contributed by atoms with Crippen molar-refractivity contribution in [2.45, 2.75) is 23.4 Å². The number of fused-ring (bicyclic) bond motifs is 1. The van der Waals surface area contributed by atoms with Crippen LogP contribution in [0.4, 0.5) is 0 Å². The Hall–Kier alpha value is -4.26. The molecule has 38 heavy (non-hydrogen) atoms. The first-order valence-electron chi connectivity index (χ1n) is 12.4. The first-order chi connectivity index (χ1) is 18.6. The van der Waals surface area contributed by atoms with Gasteiger partial charge in [-0.3, -0.25) is 0 Å². The molecule has 4 aromatic rings. The Morgan fingerprint density at radius 2 is 0.789 bits per heavy atom. The van der Waals surface area contributed by atoms with Gasteiger partial charge in [-0.15, -0.1) is 0 Å². The zero-order valence-electron chi connectivity index (χ0n) is 21.0. The van der Waals surface area contributed by atoms with Gasteiger partial charge in [0.1, 0.15) is 0 Å². The summed E-state index contributed by atoms with van der Waals surface area (Å²) in [6.45, 7) is 0. The molecular formula is C32H26O6. The van der Waals surface area contributed by atoms with Crippen LogP contribution in [0.2, 0.25) is 0 Å². The molecule has 0 N–H and O–H groups in total. The standard InChI is InChI=1S/C32H26O6/c1-35-31-23-17-9-11-19-25(23)32(36-2,26-20-12-10-18-24(26)31)28(38-30(34)22-15-7-4-8-16-22)27(31)37-29(33)21-13-5-3-6-14-21/h3-20,27-28H,1-2H3/t27-,28+,31?,32?. The maximum Gasteiger partial charge on any atom is 0.338 e. The Balaban J connectivity index is 1.60. The molecule has 0 unspecified atom stereocenters. The second kappa shape index (κ2) is 9.24. The Morgan fingerprint density at radius 1 is 0.500 bits per heavy atom. The van der Waals surface area contributed by atoms with Crippen molar-refractivity contribution in [2.75, 3.05) is 14.2 Å². The molecule has 0 fully saturated rings. The second-order valence-corrected chi connectivity index (χ2v) is 9.35. The molecule has 3 aliphatic rings. The summed E-state index contributed by atoms with van der Waals surface area (Å²) in [4.78, 5) is 27.0. The van der Waals surface area contributed by atoms with Gasteiger partial charge in [0.05, 0.1) is 11.1 Å². The van der Waals surface area contributed by atoms with E-state index in [1.807, 2.05) is 60.7 Å². The lowest BCUT2D eigenvalue weighted by Gasteiger charge is -2.59. The van der Waals surface area contributed by atoms with E-state index in [9.17, 15) is 9.59 Å². The summed E-state index contributed by atoms with van der Waals surface area (Å²) in [6, 6.07) is 32.9. The van der Waals surface area contributed by atoms with Crippen LogP contribution < -0.4 is 0 Å². The Labute approximate surface area is 220 Å². The minimum atomic E-state index is -1.25. The third kappa shape index (κ3) is 3.27. The van der Waals surface area contributed by atoms with E-state index < -0.39 is 35.3 Å². The Bertz CT molecular complexity index is 1340. The lowest BCUT2D eigenvalue weighted by atomic mass is 9.55. The van der Waals surface area contributed by atoms with Gasteiger partial charge >= 0.3 is 11.9 Å². The van der Waals surface area contributed by atoms with Crippen molar-refractivity contribution in [3.8, 4) is 0 Å². The molecule has 0 saturated carbocycles. The quantitative estimate of drug-likeness (QED) is 0.333. The number of hydrogen-bond acceptors (Lipinski definition) is 6. The first kappa shape index (κ1) is 24.1. The molecule has 0 spiro atoms. The maximum absolute atomic E-state index is 13.5. The average molecular weight is 507 g/mol. The number of esters is 2. The van der Waals surface area contributed by atoms with E-state index in [1.165, 1.54) is 0 Å². The topological polar surface area (TPSA) is 71.1 Å². The van der Waals surface area contributed by atoms with E-state index in [0.717, 1.165) is 22.3 Å². The van der Waals surface area contributed by atoms with Crippen molar-refractivity contribution in [3.63, 3.8) is 0 Å². The minimum Gasteiger partial charge on any atom is -0.451 e. The summed E-state index contributed by atoms with van der Waals surface area (Å²) < 4.78 is 25.3.